The van der Waals surface area contributed by atoms with Gasteiger partial charge >= 0.3 is 0 Å². The third-order valence-electron chi connectivity index (χ3n) is 2.67. The van der Waals surface area contributed by atoms with Crippen LogP contribution in [-0.4, -0.2) is 18.5 Å². The quantitative estimate of drug-likeness (QED) is 0.811. The number of carbonyl (C=O) groups excluding carboxylic acids is 1. The second kappa shape index (κ2) is 5.66. The molecule has 0 fully saturated rings. The van der Waals surface area contributed by atoms with Gasteiger partial charge in [0.05, 0.1) is 0 Å². The van der Waals surface area contributed by atoms with Gasteiger partial charge in [0.2, 0.25) is 0 Å². The van der Waals surface area contributed by atoms with Gasteiger partial charge in [0.25, 0.3) is 5.91 Å². The van der Waals surface area contributed by atoms with Gasteiger partial charge in [-0.3, -0.25) is 4.79 Å². The van der Waals surface area contributed by atoms with Crippen molar-refractivity contribution >= 4 is 5.91 Å². The van der Waals surface area contributed by atoms with E-state index < -0.39 is 0 Å². The summed E-state index contributed by atoms with van der Waals surface area (Å²) < 4.78 is 0. The lowest BCUT2D eigenvalue weighted by Gasteiger charge is -2.16. The maximum atomic E-state index is 11.7. The fourth-order valence-corrected chi connectivity index (χ4v) is 1.25. The first-order valence-electron chi connectivity index (χ1n) is 5.61. The molecule has 1 amide bonds. The van der Waals surface area contributed by atoms with E-state index in [-0.39, 0.29) is 11.9 Å². The molecule has 0 spiro atoms. The van der Waals surface area contributed by atoms with Crippen molar-refractivity contribution in [1.82, 2.24) is 5.32 Å². The van der Waals surface area contributed by atoms with Gasteiger partial charge in [-0.1, -0.05) is 31.5 Å². The minimum absolute atomic E-state index is 0.00870. The first-order chi connectivity index (χ1) is 7.50. The van der Waals surface area contributed by atoms with E-state index in [2.05, 4.69) is 5.32 Å². The number of rotatable bonds is 4. The maximum absolute atomic E-state index is 11.7. The SMILES string of the molecule is Cc1ccc(C(=O)NC[C@H](N)C(C)C)cc1. The first-order valence-corrected chi connectivity index (χ1v) is 5.61. The number of nitrogens with one attached hydrogen (secondary N) is 1. The molecule has 16 heavy (non-hydrogen) atoms. The lowest BCUT2D eigenvalue weighted by Crippen LogP contribution is -2.40. The first kappa shape index (κ1) is 12.7. The predicted molar refractivity (Wildman–Crippen MR) is 66.3 cm³/mol. The minimum Gasteiger partial charge on any atom is -0.350 e. The maximum Gasteiger partial charge on any atom is 0.251 e. The molecule has 1 aromatic carbocycles. The van der Waals surface area contributed by atoms with E-state index in [4.69, 9.17) is 5.73 Å². The Hall–Kier alpha value is -1.35. The molecular formula is C13H20N2O. The van der Waals surface area contributed by atoms with E-state index >= 15 is 0 Å². The number of hydrogen-bond donors (Lipinski definition) is 2. The molecule has 1 atom stereocenters. The molecule has 0 radical (unpaired) electrons. The number of hydrogen-bond acceptors (Lipinski definition) is 2. The average molecular weight is 220 g/mol. The Morgan fingerprint density at radius 2 is 1.88 bits per heavy atom. The lowest BCUT2D eigenvalue weighted by molar-refractivity contribution is 0.0949. The molecule has 1 rings (SSSR count). The van der Waals surface area contributed by atoms with Crippen molar-refractivity contribution < 1.29 is 4.79 Å². The van der Waals surface area contributed by atoms with Crippen LogP contribution in [0.15, 0.2) is 24.3 Å². The third kappa shape index (κ3) is 3.66. The summed E-state index contributed by atoms with van der Waals surface area (Å²) in [6, 6.07) is 7.51. The second-order valence-electron chi connectivity index (χ2n) is 4.48. The van der Waals surface area contributed by atoms with Crippen LogP contribution in [0.5, 0.6) is 0 Å². The molecule has 0 aromatic heterocycles. The number of aryl methyl sites for hydroxylation is 1. The monoisotopic (exact) mass is 220 g/mol. The number of nitrogens with two attached hydrogens (primary N) is 1. The van der Waals surface area contributed by atoms with Gasteiger partial charge < -0.3 is 11.1 Å². The Balaban J connectivity index is 2.50. The molecule has 0 aliphatic rings. The summed E-state index contributed by atoms with van der Waals surface area (Å²) in [6.45, 7) is 6.60. The van der Waals surface area contributed by atoms with Crippen molar-refractivity contribution in [3.8, 4) is 0 Å². The zero-order valence-electron chi connectivity index (χ0n) is 10.2. The van der Waals surface area contributed by atoms with Crippen LogP contribution in [0.25, 0.3) is 0 Å². The zero-order chi connectivity index (χ0) is 12.1. The second-order valence-corrected chi connectivity index (χ2v) is 4.48. The molecule has 0 saturated carbocycles. The molecule has 0 bridgehead atoms. The Morgan fingerprint density at radius 3 is 2.38 bits per heavy atom. The van der Waals surface area contributed by atoms with Crippen molar-refractivity contribution in [1.29, 1.82) is 0 Å². The molecule has 1 aromatic rings. The smallest absolute Gasteiger partial charge is 0.251 e. The normalized spacial score (nSPS) is 12.6. The third-order valence-corrected chi connectivity index (χ3v) is 2.67. The summed E-state index contributed by atoms with van der Waals surface area (Å²) in [5, 5.41) is 2.84. The van der Waals surface area contributed by atoms with Gasteiger partial charge in [-0.25, -0.2) is 0 Å². The molecule has 88 valence electrons. The Bertz CT molecular complexity index is 343. The van der Waals surface area contributed by atoms with E-state index in [9.17, 15) is 4.79 Å². The molecular weight excluding hydrogens is 200 g/mol. The van der Waals surface area contributed by atoms with Crippen LogP contribution in [0.1, 0.15) is 29.8 Å². The summed E-state index contributed by atoms with van der Waals surface area (Å²) in [5.74, 6) is 0.314. The highest BCUT2D eigenvalue weighted by molar-refractivity contribution is 5.94. The fraction of sp³-hybridized carbons (Fsp3) is 0.462. The molecule has 3 nitrogen and oxygen atoms in total. The molecule has 0 heterocycles. The highest BCUT2D eigenvalue weighted by atomic mass is 16.1. The van der Waals surface area contributed by atoms with Gasteiger partial charge in [0, 0.05) is 18.2 Å². The molecule has 0 saturated heterocycles. The van der Waals surface area contributed by atoms with Crippen LogP contribution < -0.4 is 11.1 Å². The van der Waals surface area contributed by atoms with Crippen LogP contribution in [-0.2, 0) is 0 Å². The number of carbonyl (C=O) groups is 1. The van der Waals surface area contributed by atoms with Crippen molar-refractivity contribution in [3.63, 3.8) is 0 Å². The summed E-state index contributed by atoms with van der Waals surface area (Å²) in [7, 11) is 0. The summed E-state index contributed by atoms with van der Waals surface area (Å²) >= 11 is 0. The summed E-state index contributed by atoms with van der Waals surface area (Å²) in [4.78, 5) is 11.7. The van der Waals surface area contributed by atoms with Crippen molar-refractivity contribution in [2.45, 2.75) is 26.8 Å². The minimum atomic E-state index is -0.0592. The fourth-order valence-electron chi connectivity index (χ4n) is 1.25. The molecule has 3 heteroatoms. The molecule has 0 aliphatic carbocycles. The van der Waals surface area contributed by atoms with Gasteiger partial charge in [-0.15, -0.1) is 0 Å². The molecule has 0 unspecified atom stereocenters. The Labute approximate surface area is 97.0 Å². The summed E-state index contributed by atoms with van der Waals surface area (Å²) in [6.07, 6.45) is 0. The molecule has 3 N–H and O–H groups in total. The predicted octanol–water partition coefficient (Wildman–Crippen LogP) is 1.71. The topological polar surface area (TPSA) is 55.1 Å². The van der Waals surface area contributed by atoms with E-state index in [1.807, 2.05) is 45.0 Å². The van der Waals surface area contributed by atoms with Crippen LogP contribution in [0.4, 0.5) is 0 Å². The van der Waals surface area contributed by atoms with Gasteiger partial charge in [0.1, 0.15) is 0 Å². The van der Waals surface area contributed by atoms with E-state index in [0.29, 0.717) is 18.0 Å². The van der Waals surface area contributed by atoms with E-state index in [1.165, 1.54) is 0 Å². The van der Waals surface area contributed by atoms with Crippen LogP contribution >= 0.6 is 0 Å². The van der Waals surface area contributed by atoms with Crippen molar-refractivity contribution in [2.24, 2.45) is 11.7 Å². The highest BCUT2D eigenvalue weighted by Crippen LogP contribution is 2.03. The standard InChI is InChI=1S/C13H20N2O/c1-9(2)12(14)8-15-13(16)11-6-4-10(3)5-7-11/h4-7,9,12H,8,14H2,1-3H3,(H,15,16)/t12-/m0/s1. The average Bonchev–Trinajstić information content (AvgIpc) is 2.26. The van der Waals surface area contributed by atoms with E-state index in [1.54, 1.807) is 0 Å². The Kier molecular flexibility index (Phi) is 4.50. The van der Waals surface area contributed by atoms with Crippen molar-refractivity contribution in [3.05, 3.63) is 35.4 Å². The molecule has 0 aliphatic heterocycles. The number of benzene rings is 1. The summed E-state index contributed by atoms with van der Waals surface area (Å²) in [5.41, 5.74) is 7.68. The van der Waals surface area contributed by atoms with Gasteiger partial charge in [-0.2, -0.15) is 0 Å². The number of amides is 1. The van der Waals surface area contributed by atoms with Crippen LogP contribution in [0.3, 0.4) is 0 Å². The van der Waals surface area contributed by atoms with Crippen LogP contribution in [0, 0.1) is 12.8 Å². The zero-order valence-corrected chi connectivity index (χ0v) is 10.2. The van der Waals surface area contributed by atoms with Gasteiger partial charge in [-0.05, 0) is 25.0 Å². The lowest BCUT2D eigenvalue weighted by atomic mass is 10.1. The van der Waals surface area contributed by atoms with Gasteiger partial charge in [0.15, 0.2) is 0 Å². The largest absolute Gasteiger partial charge is 0.350 e. The highest BCUT2D eigenvalue weighted by Gasteiger charge is 2.10. The Morgan fingerprint density at radius 1 is 1.31 bits per heavy atom. The van der Waals surface area contributed by atoms with Crippen molar-refractivity contribution in [2.75, 3.05) is 6.54 Å². The van der Waals surface area contributed by atoms with Crippen LogP contribution in [0.2, 0.25) is 0 Å². The van der Waals surface area contributed by atoms with E-state index in [0.717, 1.165) is 5.56 Å².